The zero-order valence-corrected chi connectivity index (χ0v) is 15.2. The van der Waals surface area contributed by atoms with E-state index in [0.717, 1.165) is 40.9 Å². The summed E-state index contributed by atoms with van der Waals surface area (Å²) in [5.74, 6) is 1.23. The molecule has 0 spiro atoms. The third kappa shape index (κ3) is 3.43. The van der Waals surface area contributed by atoms with Gasteiger partial charge in [-0.3, -0.25) is 10.4 Å². The Morgan fingerprint density at radius 1 is 1.30 bits per heavy atom. The number of anilines is 2. The predicted octanol–water partition coefficient (Wildman–Crippen LogP) is 2.56. The van der Waals surface area contributed by atoms with Crippen LogP contribution in [-0.2, 0) is 6.42 Å². The summed E-state index contributed by atoms with van der Waals surface area (Å²) in [7, 11) is 0. The molecule has 3 aromatic rings. The van der Waals surface area contributed by atoms with Crippen LogP contribution in [0.25, 0.3) is 10.9 Å². The summed E-state index contributed by atoms with van der Waals surface area (Å²) in [6.45, 7) is 4.08. The molecule has 5 N–H and O–H groups in total. The van der Waals surface area contributed by atoms with E-state index in [0.29, 0.717) is 5.82 Å². The minimum absolute atomic E-state index is 0.432. The monoisotopic (exact) mass is 366 g/mol. The van der Waals surface area contributed by atoms with Gasteiger partial charge in [0.1, 0.15) is 5.82 Å². The van der Waals surface area contributed by atoms with Crippen LogP contribution in [0, 0.1) is 0 Å². The van der Waals surface area contributed by atoms with Crippen LogP contribution in [0.4, 0.5) is 16.4 Å². The average Bonchev–Trinajstić information content (AvgIpc) is 3.04. The van der Waals surface area contributed by atoms with Gasteiger partial charge < -0.3 is 15.7 Å². The smallest absolute Gasteiger partial charge is 0.320 e. The fourth-order valence-corrected chi connectivity index (χ4v) is 3.39. The van der Waals surface area contributed by atoms with E-state index in [1.54, 1.807) is 19.9 Å². The molecule has 2 aromatic heterocycles. The van der Waals surface area contributed by atoms with Crippen molar-refractivity contribution in [1.29, 1.82) is 0 Å². The second-order valence-electron chi connectivity index (χ2n) is 7.22. The van der Waals surface area contributed by atoms with Crippen molar-refractivity contribution < 1.29 is 9.90 Å². The minimum atomic E-state index is -1.13. The van der Waals surface area contributed by atoms with Crippen molar-refractivity contribution in [2.24, 2.45) is 0 Å². The van der Waals surface area contributed by atoms with Gasteiger partial charge in [-0.1, -0.05) is 30.3 Å². The summed E-state index contributed by atoms with van der Waals surface area (Å²) >= 11 is 0. The molecule has 3 heterocycles. The first-order valence-corrected chi connectivity index (χ1v) is 8.88. The number of hydrogen-bond acceptors (Lipinski definition) is 5. The number of hydrogen-bond donors (Lipinski definition) is 5. The van der Waals surface area contributed by atoms with Gasteiger partial charge in [-0.05, 0) is 19.4 Å². The van der Waals surface area contributed by atoms with E-state index in [4.69, 9.17) is 0 Å². The summed E-state index contributed by atoms with van der Waals surface area (Å²) < 4.78 is 0. The fourth-order valence-electron chi connectivity index (χ4n) is 3.39. The van der Waals surface area contributed by atoms with Crippen molar-refractivity contribution in [3.63, 3.8) is 0 Å². The van der Waals surface area contributed by atoms with Crippen LogP contribution in [0.3, 0.4) is 0 Å². The molecule has 0 saturated carbocycles. The van der Waals surface area contributed by atoms with Gasteiger partial charge in [0.2, 0.25) is 0 Å². The zero-order valence-electron chi connectivity index (χ0n) is 15.2. The maximum Gasteiger partial charge on any atom is 0.320 e. The van der Waals surface area contributed by atoms with Gasteiger partial charge in [-0.2, -0.15) is 5.10 Å². The van der Waals surface area contributed by atoms with E-state index in [1.165, 1.54) is 0 Å². The lowest BCUT2D eigenvalue weighted by atomic mass is 9.92. The second-order valence-corrected chi connectivity index (χ2v) is 7.22. The number of benzene rings is 1. The molecule has 0 radical (unpaired) electrons. The number of aromatic amines is 1. The Bertz CT molecular complexity index is 977. The summed E-state index contributed by atoms with van der Waals surface area (Å²) in [6.07, 6.45) is 0.760. The largest absolute Gasteiger partial charge is 0.388 e. The Kier molecular flexibility index (Phi) is 4.19. The van der Waals surface area contributed by atoms with Gasteiger partial charge in [0, 0.05) is 19.0 Å². The fraction of sp³-hybridized carbons (Fsp3) is 0.316. The molecule has 0 fully saturated rings. The van der Waals surface area contributed by atoms with Crippen molar-refractivity contribution in [3.8, 4) is 0 Å². The summed E-state index contributed by atoms with van der Waals surface area (Å²) in [4.78, 5) is 17.1. The van der Waals surface area contributed by atoms with E-state index in [-0.39, 0.29) is 0 Å². The molecule has 1 atom stereocenters. The molecule has 4 rings (SSSR count). The molecular formula is C19H22N6O2. The van der Waals surface area contributed by atoms with Crippen LogP contribution in [0.15, 0.2) is 36.4 Å². The standard InChI is InChI=1S/C19H22N6O2/c1-19(2,27)16(11-6-4-3-5-7-11)23-18(26)22-14-10-13-15-12(21-14)8-9-20-17(15)25-24-13/h3-7,10,16,27H,8-9H2,1-2H3,(H2,20,24,25)(H2,21,22,23,26). The molecule has 1 aliphatic heterocycles. The number of urea groups is 1. The lowest BCUT2D eigenvalue weighted by Crippen LogP contribution is -2.44. The third-order valence-electron chi connectivity index (χ3n) is 4.63. The van der Waals surface area contributed by atoms with E-state index in [1.807, 2.05) is 30.3 Å². The van der Waals surface area contributed by atoms with Crippen LogP contribution >= 0.6 is 0 Å². The number of aromatic nitrogens is 3. The van der Waals surface area contributed by atoms with Crippen LogP contribution in [0.1, 0.15) is 31.1 Å². The molecule has 8 nitrogen and oxygen atoms in total. The van der Waals surface area contributed by atoms with Gasteiger partial charge in [0.15, 0.2) is 5.82 Å². The molecule has 0 bridgehead atoms. The summed E-state index contributed by atoms with van der Waals surface area (Å²) in [5, 5.41) is 27.5. The second kappa shape index (κ2) is 6.55. The molecule has 2 amide bonds. The number of carbonyl (C=O) groups is 1. The highest BCUT2D eigenvalue weighted by atomic mass is 16.3. The maximum atomic E-state index is 12.6. The number of rotatable bonds is 4. The number of aliphatic hydroxyl groups is 1. The number of pyridine rings is 1. The summed E-state index contributed by atoms with van der Waals surface area (Å²) in [6, 6.07) is 10.1. The molecular weight excluding hydrogens is 344 g/mol. The number of nitrogens with zero attached hydrogens (tertiary/aromatic N) is 2. The molecule has 27 heavy (non-hydrogen) atoms. The van der Waals surface area contributed by atoms with Crippen molar-refractivity contribution in [1.82, 2.24) is 20.5 Å². The van der Waals surface area contributed by atoms with Crippen LogP contribution in [-0.4, -0.2) is 38.5 Å². The van der Waals surface area contributed by atoms with E-state index >= 15 is 0 Å². The van der Waals surface area contributed by atoms with E-state index < -0.39 is 17.7 Å². The van der Waals surface area contributed by atoms with Crippen LogP contribution in [0.2, 0.25) is 0 Å². The van der Waals surface area contributed by atoms with Gasteiger partial charge in [0.05, 0.1) is 28.2 Å². The van der Waals surface area contributed by atoms with Gasteiger partial charge >= 0.3 is 6.03 Å². The first-order chi connectivity index (χ1) is 12.9. The van der Waals surface area contributed by atoms with Gasteiger partial charge in [-0.25, -0.2) is 9.78 Å². The first-order valence-electron chi connectivity index (χ1n) is 8.88. The average molecular weight is 366 g/mol. The maximum absolute atomic E-state index is 12.6. The SMILES string of the molecule is CC(C)(O)C(NC(=O)Nc1cc2[nH]nc3c2c(n1)CCN3)c1ccccc1. The van der Waals surface area contributed by atoms with Crippen molar-refractivity contribution in [2.45, 2.75) is 31.9 Å². The number of H-pyrrole nitrogens is 1. The normalized spacial score (nSPS) is 14.5. The van der Waals surface area contributed by atoms with E-state index in [9.17, 15) is 9.90 Å². The Balaban J connectivity index is 1.56. The molecule has 140 valence electrons. The van der Waals surface area contributed by atoms with Crippen molar-refractivity contribution in [2.75, 3.05) is 17.2 Å². The molecule has 1 aliphatic rings. The van der Waals surface area contributed by atoms with E-state index in [2.05, 4.69) is 31.1 Å². The zero-order chi connectivity index (χ0) is 19.0. The minimum Gasteiger partial charge on any atom is -0.388 e. The quantitative estimate of drug-likeness (QED) is 0.487. The van der Waals surface area contributed by atoms with Crippen LogP contribution < -0.4 is 16.0 Å². The Morgan fingerprint density at radius 3 is 2.81 bits per heavy atom. The Morgan fingerprint density at radius 2 is 2.07 bits per heavy atom. The number of nitrogens with one attached hydrogen (secondary N) is 4. The highest BCUT2D eigenvalue weighted by Crippen LogP contribution is 2.29. The number of amides is 2. The highest BCUT2D eigenvalue weighted by Gasteiger charge is 2.30. The van der Waals surface area contributed by atoms with Gasteiger partial charge in [-0.15, -0.1) is 0 Å². The molecule has 1 aromatic carbocycles. The molecule has 8 heteroatoms. The van der Waals surface area contributed by atoms with Crippen molar-refractivity contribution >= 4 is 28.6 Å². The third-order valence-corrected chi connectivity index (χ3v) is 4.63. The van der Waals surface area contributed by atoms with Gasteiger partial charge in [0.25, 0.3) is 0 Å². The lowest BCUT2D eigenvalue weighted by Gasteiger charge is -2.30. The van der Waals surface area contributed by atoms with Crippen LogP contribution in [0.5, 0.6) is 0 Å². The topological polar surface area (TPSA) is 115 Å². The predicted molar refractivity (Wildman–Crippen MR) is 104 cm³/mol. The highest BCUT2D eigenvalue weighted by molar-refractivity contribution is 5.96. The van der Waals surface area contributed by atoms with Crippen molar-refractivity contribution in [3.05, 3.63) is 47.7 Å². The number of carbonyl (C=O) groups excluding carboxylic acids is 1. The molecule has 0 saturated heterocycles. The lowest BCUT2D eigenvalue weighted by molar-refractivity contribution is 0.0415. The Labute approximate surface area is 156 Å². The summed E-state index contributed by atoms with van der Waals surface area (Å²) in [5.41, 5.74) is 1.40. The first kappa shape index (κ1) is 17.3. The molecule has 1 unspecified atom stereocenters. The molecule has 0 aliphatic carbocycles. The Hall–Kier alpha value is -3.13.